The summed E-state index contributed by atoms with van der Waals surface area (Å²) in [5.41, 5.74) is 11.4. The number of fused-ring (bicyclic) bond motifs is 1. The Morgan fingerprint density at radius 2 is 0.781 bits per heavy atom. The molecule has 0 fully saturated rings. The third-order valence-corrected chi connectivity index (χ3v) is 10.8. The van der Waals surface area contributed by atoms with Gasteiger partial charge in [-0.3, -0.25) is 19.4 Å². The van der Waals surface area contributed by atoms with Crippen molar-refractivity contribution in [3.8, 4) is 45.6 Å². The van der Waals surface area contributed by atoms with Gasteiger partial charge in [-0.15, -0.1) is 0 Å². The topological polar surface area (TPSA) is 94.2 Å². The van der Waals surface area contributed by atoms with Crippen molar-refractivity contribution in [2.75, 3.05) is 7.05 Å². The zero-order valence-corrected chi connectivity index (χ0v) is 35.9. The molecule has 0 saturated carbocycles. The van der Waals surface area contributed by atoms with E-state index in [1.54, 1.807) is 79.8 Å². The van der Waals surface area contributed by atoms with E-state index in [2.05, 4.69) is 5.43 Å². The lowest BCUT2D eigenvalue weighted by Gasteiger charge is -2.33. The van der Waals surface area contributed by atoms with Gasteiger partial charge in [-0.05, 0) is 144 Å². The maximum Gasteiger partial charge on any atom is 0.268 e. The molecule has 64 heavy (non-hydrogen) atoms. The summed E-state index contributed by atoms with van der Waals surface area (Å²) in [5.74, 6) is 3.67. The van der Waals surface area contributed by atoms with Gasteiger partial charge in [-0.1, -0.05) is 98.3 Å². The van der Waals surface area contributed by atoms with Gasteiger partial charge in [0.05, 0.1) is 6.04 Å². The van der Waals surface area contributed by atoms with E-state index >= 15 is 0 Å². The number of nitrogens with zero attached hydrogens (tertiary/aromatic N) is 1. The monoisotopic (exact) mass is 842 g/mol. The van der Waals surface area contributed by atoms with Crippen LogP contribution in [0.25, 0.3) is 11.1 Å². The largest absolute Gasteiger partial charge is 0.457 e. The highest BCUT2D eigenvalue weighted by molar-refractivity contribution is 6.09. The van der Waals surface area contributed by atoms with E-state index in [1.807, 2.05) is 142 Å². The van der Waals surface area contributed by atoms with Gasteiger partial charge in [0.1, 0.15) is 34.5 Å². The van der Waals surface area contributed by atoms with Crippen LogP contribution in [0.1, 0.15) is 78.8 Å². The van der Waals surface area contributed by atoms with Crippen molar-refractivity contribution in [1.82, 2.24) is 10.4 Å². The average Bonchev–Trinajstić information content (AvgIpc) is 3.35. The Morgan fingerprint density at radius 1 is 0.453 bits per heavy atom. The molecule has 1 atom stereocenters. The number of amides is 1. The van der Waals surface area contributed by atoms with Crippen molar-refractivity contribution in [1.29, 1.82) is 0 Å². The van der Waals surface area contributed by atoms with Crippen molar-refractivity contribution in [3.05, 3.63) is 239 Å². The fraction of sp³-hybridized carbons (Fsp3) is 0.0893. The molecule has 1 N–H and O–H groups in total. The van der Waals surface area contributed by atoms with Crippen LogP contribution in [0.4, 0.5) is 0 Å². The normalized spacial score (nSPS) is 12.9. The first kappa shape index (κ1) is 42.6. The standard InChI is InChI=1S/C54H40N2O6.C2H6/c1-35-7-9-39(10-8-35)52(57)40-17-29-46(30-18-40)60-43-23-11-36(12-24-43)37-13-25-44(26-14-37)61-47-31-19-41(20-32-47)53(58)42-21-33-48(34-22-42)62-45-27-15-38(16-28-45)51-49-5-3-4-6-50(49)54(59)56(2)55-51;1-2/h3-34,51,55H,1-2H3;1-2H3. The van der Waals surface area contributed by atoms with E-state index in [0.717, 1.165) is 27.8 Å². The second-order valence-corrected chi connectivity index (χ2v) is 15.0. The summed E-state index contributed by atoms with van der Waals surface area (Å²) in [6.45, 7) is 6.00. The summed E-state index contributed by atoms with van der Waals surface area (Å²) in [6, 6.07) is 59.7. The van der Waals surface area contributed by atoms with Gasteiger partial charge in [0.25, 0.3) is 5.91 Å². The van der Waals surface area contributed by atoms with Crippen molar-refractivity contribution in [2.45, 2.75) is 26.8 Å². The van der Waals surface area contributed by atoms with Crippen LogP contribution < -0.4 is 19.6 Å². The predicted octanol–water partition coefficient (Wildman–Crippen LogP) is 13.2. The van der Waals surface area contributed by atoms with Crippen molar-refractivity contribution >= 4 is 17.5 Å². The van der Waals surface area contributed by atoms with Crippen LogP contribution in [0, 0.1) is 6.92 Å². The average molecular weight is 843 g/mol. The summed E-state index contributed by atoms with van der Waals surface area (Å²) in [6.07, 6.45) is 0. The number of ketones is 2. The zero-order valence-electron chi connectivity index (χ0n) is 35.9. The second kappa shape index (κ2) is 19.3. The lowest BCUT2D eigenvalue weighted by molar-refractivity contribution is 0.0663. The Kier molecular flexibility index (Phi) is 12.9. The molecule has 8 nitrogen and oxygen atoms in total. The van der Waals surface area contributed by atoms with Gasteiger partial charge in [-0.2, -0.15) is 0 Å². The van der Waals surface area contributed by atoms with Crippen LogP contribution in [-0.4, -0.2) is 29.5 Å². The number of rotatable bonds is 12. The molecule has 1 unspecified atom stereocenters. The Hall–Kier alpha value is -8.07. The fourth-order valence-corrected chi connectivity index (χ4v) is 7.33. The Morgan fingerprint density at radius 3 is 1.17 bits per heavy atom. The second-order valence-electron chi connectivity index (χ2n) is 15.0. The molecule has 1 amide bonds. The Balaban J connectivity index is 0.00000276. The highest BCUT2D eigenvalue weighted by Crippen LogP contribution is 2.33. The van der Waals surface area contributed by atoms with E-state index < -0.39 is 0 Å². The van der Waals surface area contributed by atoms with Crippen molar-refractivity contribution in [3.63, 3.8) is 0 Å². The molecule has 0 radical (unpaired) electrons. The number of hydrogen-bond donors (Lipinski definition) is 1. The van der Waals surface area contributed by atoms with E-state index in [1.165, 1.54) is 5.01 Å². The molecule has 1 aliphatic rings. The molecular weight excluding hydrogens is 797 g/mol. The Labute approximate surface area is 373 Å². The lowest BCUT2D eigenvalue weighted by atomic mass is 9.93. The van der Waals surface area contributed by atoms with Crippen LogP contribution in [-0.2, 0) is 0 Å². The Bertz CT molecular complexity index is 2870. The number of benzene rings is 8. The number of ether oxygens (including phenoxy) is 3. The van der Waals surface area contributed by atoms with Crippen LogP contribution in [0.2, 0.25) is 0 Å². The lowest BCUT2D eigenvalue weighted by Crippen LogP contribution is -2.46. The molecule has 9 rings (SSSR count). The number of carbonyl (C=O) groups is 3. The third-order valence-electron chi connectivity index (χ3n) is 10.8. The van der Waals surface area contributed by atoms with Crippen molar-refractivity contribution in [2.24, 2.45) is 0 Å². The van der Waals surface area contributed by atoms with E-state index in [0.29, 0.717) is 62.3 Å². The summed E-state index contributed by atoms with van der Waals surface area (Å²) in [4.78, 5) is 38.8. The molecule has 0 saturated heterocycles. The van der Waals surface area contributed by atoms with E-state index in [-0.39, 0.29) is 23.5 Å². The molecule has 0 aromatic heterocycles. The van der Waals surface area contributed by atoms with Gasteiger partial charge >= 0.3 is 0 Å². The van der Waals surface area contributed by atoms with Crippen LogP contribution in [0.5, 0.6) is 34.5 Å². The zero-order chi connectivity index (χ0) is 44.6. The predicted molar refractivity (Wildman–Crippen MR) is 251 cm³/mol. The minimum absolute atomic E-state index is 0.0245. The minimum Gasteiger partial charge on any atom is -0.457 e. The number of hydrazine groups is 1. The molecule has 0 bridgehead atoms. The molecule has 316 valence electrons. The molecular formula is C56H46N2O6. The highest BCUT2D eigenvalue weighted by atomic mass is 16.5. The molecule has 0 spiro atoms. The van der Waals surface area contributed by atoms with Crippen LogP contribution in [0.15, 0.2) is 194 Å². The molecule has 8 aromatic carbocycles. The first-order valence-corrected chi connectivity index (χ1v) is 21.2. The maximum absolute atomic E-state index is 13.3. The fourth-order valence-electron chi connectivity index (χ4n) is 7.33. The quantitative estimate of drug-likeness (QED) is 0.122. The van der Waals surface area contributed by atoms with Gasteiger partial charge in [0, 0.05) is 34.9 Å². The smallest absolute Gasteiger partial charge is 0.268 e. The van der Waals surface area contributed by atoms with Gasteiger partial charge < -0.3 is 14.2 Å². The maximum atomic E-state index is 13.3. The number of nitrogens with one attached hydrogen (secondary N) is 1. The summed E-state index contributed by atoms with van der Waals surface area (Å²) < 4.78 is 18.2. The number of hydrogen-bond acceptors (Lipinski definition) is 7. The summed E-state index contributed by atoms with van der Waals surface area (Å²) >= 11 is 0. The first-order valence-electron chi connectivity index (χ1n) is 21.2. The summed E-state index contributed by atoms with van der Waals surface area (Å²) in [7, 11) is 1.73. The van der Waals surface area contributed by atoms with Crippen LogP contribution >= 0.6 is 0 Å². The molecule has 8 heteroatoms. The van der Waals surface area contributed by atoms with Gasteiger partial charge in [0.15, 0.2) is 11.6 Å². The molecule has 1 heterocycles. The van der Waals surface area contributed by atoms with Gasteiger partial charge in [0.2, 0.25) is 0 Å². The van der Waals surface area contributed by atoms with E-state index in [4.69, 9.17) is 14.2 Å². The summed E-state index contributed by atoms with van der Waals surface area (Å²) in [5, 5.41) is 1.52. The number of carbonyl (C=O) groups excluding carboxylic acids is 3. The molecule has 1 aliphatic heterocycles. The van der Waals surface area contributed by atoms with Gasteiger partial charge in [-0.25, -0.2) is 5.43 Å². The molecule has 0 aliphatic carbocycles. The van der Waals surface area contributed by atoms with Crippen LogP contribution in [0.3, 0.4) is 0 Å². The third kappa shape index (κ3) is 9.68. The minimum atomic E-state index is -0.165. The highest BCUT2D eigenvalue weighted by Gasteiger charge is 2.29. The SMILES string of the molecule is CC.Cc1ccc(C(=O)c2ccc(Oc3ccc(-c4ccc(Oc5ccc(C(=O)c6ccc(Oc7ccc(C8NN(C)C(=O)c9ccccc98)cc7)cc6)cc5)cc4)cc3)cc2)cc1. The van der Waals surface area contributed by atoms with E-state index in [9.17, 15) is 14.4 Å². The number of aryl methyl sites for hydroxylation is 1. The molecule has 8 aromatic rings. The van der Waals surface area contributed by atoms with Crippen molar-refractivity contribution < 1.29 is 28.6 Å². The first-order chi connectivity index (χ1) is 31.2.